The number of amides is 1. The smallest absolute Gasteiger partial charge is 0.248 e. The Bertz CT molecular complexity index is 803. The molecule has 1 N–H and O–H groups in total. The van der Waals surface area contributed by atoms with E-state index in [0.717, 1.165) is 35.5 Å². The maximum absolute atomic E-state index is 12.6. The molecule has 3 nitrogen and oxygen atoms in total. The van der Waals surface area contributed by atoms with Gasteiger partial charge in [0.2, 0.25) is 5.91 Å². The third-order valence-electron chi connectivity index (χ3n) is 6.00. The maximum Gasteiger partial charge on any atom is 0.248 e. The van der Waals surface area contributed by atoms with Gasteiger partial charge in [-0.05, 0) is 42.0 Å². The predicted octanol–water partition coefficient (Wildman–Crippen LogP) is 3.68. The van der Waals surface area contributed by atoms with E-state index >= 15 is 0 Å². The van der Waals surface area contributed by atoms with Crippen molar-refractivity contribution < 1.29 is 4.79 Å². The van der Waals surface area contributed by atoms with Crippen molar-refractivity contribution in [3.8, 4) is 0 Å². The minimum absolute atomic E-state index is 0.0313. The lowest BCUT2D eigenvalue weighted by molar-refractivity contribution is -0.112. The van der Waals surface area contributed by atoms with Crippen molar-refractivity contribution in [1.82, 2.24) is 4.90 Å². The minimum atomic E-state index is 0.0313. The van der Waals surface area contributed by atoms with Gasteiger partial charge in [0.25, 0.3) is 0 Å². The van der Waals surface area contributed by atoms with Crippen LogP contribution >= 0.6 is 0 Å². The van der Waals surface area contributed by atoms with Crippen LogP contribution in [0.1, 0.15) is 12.8 Å². The summed E-state index contributed by atoms with van der Waals surface area (Å²) in [5.74, 6) is 2.11. The van der Waals surface area contributed by atoms with Crippen LogP contribution in [0.2, 0.25) is 0 Å². The molecule has 3 heteroatoms. The Morgan fingerprint density at radius 1 is 1.00 bits per heavy atom. The van der Waals surface area contributed by atoms with Crippen LogP contribution in [0.4, 0.5) is 5.69 Å². The summed E-state index contributed by atoms with van der Waals surface area (Å²) in [5.41, 5.74) is 2.31. The van der Waals surface area contributed by atoms with Gasteiger partial charge in [0.1, 0.15) is 0 Å². The Morgan fingerprint density at radius 3 is 2.54 bits per heavy atom. The third kappa shape index (κ3) is 2.35. The molecule has 4 aliphatic rings. The summed E-state index contributed by atoms with van der Waals surface area (Å²) >= 11 is 0. The highest BCUT2D eigenvalue weighted by molar-refractivity contribution is 6.06. The Hall–Kier alpha value is -2.13. The summed E-state index contributed by atoms with van der Waals surface area (Å²) in [6, 6.07) is 14.3. The molecule has 1 saturated carbocycles. The number of benzene rings is 2. The molecule has 3 heterocycles. The van der Waals surface area contributed by atoms with Gasteiger partial charge in [0.05, 0.1) is 0 Å². The number of piperidine rings is 3. The van der Waals surface area contributed by atoms with Crippen molar-refractivity contribution in [2.24, 2.45) is 17.8 Å². The van der Waals surface area contributed by atoms with Crippen molar-refractivity contribution in [2.75, 3.05) is 25.0 Å². The van der Waals surface area contributed by atoms with Crippen molar-refractivity contribution in [2.45, 2.75) is 12.8 Å². The Morgan fingerprint density at radius 2 is 1.75 bits per heavy atom. The van der Waals surface area contributed by atoms with E-state index in [1.54, 1.807) is 0 Å². The first-order valence-electron chi connectivity index (χ1n) is 8.99. The predicted molar refractivity (Wildman–Crippen MR) is 96.8 cm³/mol. The van der Waals surface area contributed by atoms with Gasteiger partial charge in [0.15, 0.2) is 0 Å². The number of nitrogens with zero attached hydrogens (tertiary/aromatic N) is 1. The zero-order valence-electron chi connectivity index (χ0n) is 13.7. The molecule has 3 aliphatic heterocycles. The van der Waals surface area contributed by atoms with Crippen molar-refractivity contribution in [1.29, 1.82) is 0 Å². The topological polar surface area (TPSA) is 32.3 Å². The molecule has 2 aromatic carbocycles. The van der Waals surface area contributed by atoms with Crippen LogP contribution < -0.4 is 5.32 Å². The molecule has 4 fully saturated rings. The van der Waals surface area contributed by atoms with Gasteiger partial charge in [-0.3, -0.25) is 4.79 Å². The summed E-state index contributed by atoms with van der Waals surface area (Å²) in [5, 5.41) is 5.37. The fourth-order valence-corrected chi connectivity index (χ4v) is 5.12. The third-order valence-corrected chi connectivity index (χ3v) is 6.00. The van der Waals surface area contributed by atoms with Gasteiger partial charge >= 0.3 is 0 Å². The number of nitrogens with one attached hydrogen (secondary N) is 1. The second kappa shape index (κ2) is 5.45. The van der Waals surface area contributed by atoms with Crippen LogP contribution in [0.3, 0.4) is 0 Å². The zero-order valence-corrected chi connectivity index (χ0v) is 13.7. The molecule has 1 amide bonds. The Kier molecular flexibility index (Phi) is 3.23. The van der Waals surface area contributed by atoms with E-state index in [2.05, 4.69) is 28.4 Å². The lowest BCUT2D eigenvalue weighted by atomic mass is 9.65. The summed E-state index contributed by atoms with van der Waals surface area (Å²) in [6.07, 6.45) is 4.47. The largest absolute Gasteiger partial charge is 0.322 e. The molecule has 24 heavy (non-hydrogen) atoms. The van der Waals surface area contributed by atoms with E-state index in [4.69, 9.17) is 0 Å². The molecule has 0 spiro atoms. The molecule has 2 aromatic rings. The van der Waals surface area contributed by atoms with Gasteiger partial charge in [-0.2, -0.15) is 0 Å². The summed E-state index contributed by atoms with van der Waals surface area (Å²) in [6.45, 7) is 3.59. The second-order valence-corrected chi connectivity index (χ2v) is 7.61. The van der Waals surface area contributed by atoms with Crippen LogP contribution in [0.15, 0.2) is 54.1 Å². The Balaban J connectivity index is 1.41. The van der Waals surface area contributed by atoms with E-state index < -0.39 is 0 Å². The summed E-state index contributed by atoms with van der Waals surface area (Å²) < 4.78 is 0. The number of rotatable bonds is 2. The lowest BCUT2D eigenvalue weighted by Crippen LogP contribution is -2.54. The quantitative estimate of drug-likeness (QED) is 0.857. The number of hydrogen-bond donors (Lipinski definition) is 1. The highest BCUT2D eigenvalue weighted by Gasteiger charge is 2.44. The molecule has 2 unspecified atom stereocenters. The second-order valence-electron chi connectivity index (χ2n) is 7.61. The van der Waals surface area contributed by atoms with Gasteiger partial charge < -0.3 is 10.2 Å². The van der Waals surface area contributed by atoms with Gasteiger partial charge in [-0.15, -0.1) is 0 Å². The van der Waals surface area contributed by atoms with E-state index in [0.29, 0.717) is 11.8 Å². The fourth-order valence-electron chi connectivity index (χ4n) is 5.12. The molecule has 1 aliphatic carbocycles. The molecular weight excluding hydrogens is 296 g/mol. The lowest BCUT2D eigenvalue weighted by Gasteiger charge is -2.53. The maximum atomic E-state index is 12.6. The molecule has 0 aromatic heterocycles. The van der Waals surface area contributed by atoms with E-state index in [1.807, 2.05) is 30.3 Å². The van der Waals surface area contributed by atoms with Crippen LogP contribution in [-0.2, 0) is 4.79 Å². The molecule has 122 valence electrons. The molecular formula is C21H22N2O. The highest BCUT2D eigenvalue weighted by atomic mass is 16.1. The number of carbonyl (C=O) groups is 1. The summed E-state index contributed by atoms with van der Waals surface area (Å²) in [7, 11) is 0. The molecule has 6 rings (SSSR count). The number of fused-ring (bicyclic) bond motifs is 1. The van der Waals surface area contributed by atoms with E-state index in [-0.39, 0.29) is 5.91 Å². The van der Waals surface area contributed by atoms with Crippen LogP contribution in [0.25, 0.3) is 10.8 Å². The zero-order chi connectivity index (χ0) is 16.1. The number of hydrogen-bond acceptors (Lipinski definition) is 2. The van der Waals surface area contributed by atoms with Gasteiger partial charge in [-0.25, -0.2) is 0 Å². The average Bonchev–Trinajstić information content (AvgIpc) is 2.58. The number of anilines is 1. The fraction of sp³-hybridized carbons (Fsp3) is 0.381. The first-order chi connectivity index (χ1) is 11.8. The molecule has 4 bridgehead atoms. The number of carbonyl (C=O) groups excluding carboxylic acids is 1. The van der Waals surface area contributed by atoms with Crippen molar-refractivity contribution >= 4 is 22.4 Å². The standard InChI is InChI=1S/C21H22N2O/c24-21(22-20-7-3-5-15-4-1-2-6-18(15)20)10-19-16-8-14-9-17(19)13-23(11-14)12-16/h1-7,10,14,16-17H,8-9,11-13H2,(H,22,24). The monoisotopic (exact) mass is 318 g/mol. The average molecular weight is 318 g/mol. The molecule has 0 radical (unpaired) electrons. The van der Waals surface area contributed by atoms with Crippen molar-refractivity contribution in [3.05, 3.63) is 54.1 Å². The minimum Gasteiger partial charge on any atom is -0.322 e. The van der Waals surface area contributed by atoms with E-state index in [9.17, 15) is 4.79 Å². The SMILES string of the molecule is O=C(C=C1C2CC3CC1CN(C3)C2)Nc1cccc2ccccc12. The van der Waals surface area contributed by atoms with Crippen molar-refractivity contribution in [3.63, 3.8) is 0 Å². The molecule has 2 atom stereocenters. The van der Waals surface area contributed by atoms with Gasteiger partial charge in [-0.1, -0.05) is 42.0 Å². The van der Waals surface area contributed by atoms with E-state index in [1.165, 1.54) is 25.0 Å². The first kappa shape index (κ1) is 14.2. The summed E-state index contributed by atoms with van der Waals surface area (Å²) in [4.78, 5) is 15.2. The van der Waals surface area contributed by atoms with Crippen LogP contribution in [0.5, 0.6) is 0 Å². The first-order valence-corrected chi connectivity index (χ1v) is 8.99. The Labute approximate surface area is 142 Å². The normalized spacial score (nSPS) is 30.6. The van der Waals surface area contributed by atoms with Crippen LogP contribution in [-0.4, -0.2) is 30.4 Å². The molecule has 3 saturated heterocycles. The van der Waals surface area contributed by atoms with Gasteiger partial charge in [0, 0.05) is 36.8 Å². The van der Waals surface area contributed by atoms with Crippen LogP contribution in [0, 0.1) is 17.8 Å². The highest BCUT2D eigenvalue weighted by Crippen LogP contribution is 2.46.